The monoisotopic (exact) mass is 379 g/mol. The van der Waals surface area contributed by atoms with Gasteiger partial charge < -0.3 is 14.2 Å². The standard InChI is InChI=1S/C18H21NO6S/c1-12-5-7-15(23-3)14(9-12)11-25-18(20)13-6-8-16(24-4)17(10-13)26(21,22)19-2/h5-10,19H,11H2,1-4H3. The average molecular weight is 379 g/mol. The lowest BCUT2D eigenvalue weighted by Gasteiger charge is -2.12. The van der Waals surface area contributed by atoms with E-state index in [1.165, 1.54) is 39.5 Å². The molecule has 0 saturated carbocycles. The summed E-state index contributed by atoms with van der Waals surface area (Å²) in [6, 6.07) is 9.63. The number of carbonyl (C=O) groups excluding carboxylic acids is 1. The third-order valence-electron chi connectivity index (χ3n) is 3.75. The van der Waals surface area contributed by atoms with Crippen molar-refractivity contribution in [3.8, 4) is 11.5 Å². The van der Waals surface area contributed by atoms with Gasteiger partial charge in [-0.15, -0.1) is 0 Å². The molecule has 0 aliphatic carbocycles. The van der Waals surface area contributed by atoms with Gasteiger partial charge in [-0.05, 0) is 44.3 Å². The van der Waals surface area contributed by atoms with Crippen LogP contribution in [0, 0.1) is 6.92 Å². The first kappa shape index (κ1) is 19.7. The van der Waals surface area contributed by atoms with E-state index < -0.39 is 16.0 Å². The number of rotatable bonds is 7. The second-order valence-corrected chi connectivity index (χ2v) is 7.32. The molecule has 2 aromatic rings. The van der Waals surface area contributed by atoms with Gasteiger partial charge in [0, 0.05) is 5.56 Å². The zero-order valence-electron chi connectivity index (χ0n) is 15.0. The molecule has 0 atom stereocenters. The van der Waals surface area contributed by atoms with Crippen LogP contribution in [0.25, 0.3) is 0 Å². The maximum absolute atomic E-state index is 12.4. The SMILES string of the molecule is CNS(=O)(=O)c1cc(C(=O)OCc2cc(C)ccc2OC)ccc1OC. The Morgan fingerprint density at radius 1 is 1.04 bits per heavy atom. The number of sulfonamides is 1. The van der Waals surface area contributed by atoms with Crippen molar-refractivity contribution in [1.82, 2.24) is 4.72 Å². The fourth-order valence-corrected chi connectivity index (χ4v) is 3.29. The lowest BCUT2D eigenvalue weighted by Crippen LogP contribution is -2.20. The van der Waals surface area contributed by atoms with Gasteiger partial charge in [0.05, 0.1) is 19.8 Å². The van der Waals surface area contributed by atoms with E-state index in [1.807, 2.05) is 19.1 Å². The molecule has 0 unspecified atom stereocenters. The number of esters is 1. The molecule has 140 valence electrons. The summed E-state index contributed by atoms with van der Waals surface area (Å²) in [7, 11) is 0.388. The molecule has 0 aromatic heterocycles. The second-order valence-electron chi connectivity index (χ2n) is 5.46. The Bertz CT molecular complexity index is 908. The van der Waals surface area contributed by atoms with Crippen LogP contribution in [-0.4, -0.2) is 35.7 Å². The van der Waals surface area contributed by atoms with Crippen molar-refractivity contribution in [1.29, 1.82) is 0 Å². The number of methoxy groups -OCH3 is 2. The molecule has 0 heterocycles. The number of carbonyl (C=O) groups is 1. The number of aryl methyl sites for hydroxylation is 1. The summed E-state index contributed by atoms with van der Waals surface area (Å²) in [5.41, 5.74) is 1.83. The Kier molecular flexibility index (Phi) is 6.23. The fourth-order valence-electron chi connectivity index (χ4n) is 2.37. The van der Waals surface area contributed by atoms with Crippen molar-refractivity contribution in [2.24, 2.45) is 0 Å². The first-order valence-electron chi connectivity index (χ1n) is 7.74. The minimum Gasteiger partial charge on any atom is -0.496 e. The molecule has 1 N–H and O–H groups in total. The van der Waals surface area contributed by atoms with E-state index in [4.69, 9.17) is 14.2 Å². The number of hydrogen-bond donors (Lipinski definition) is 1. The molecule has 0 saturated heterocycles. The van der Waals surface area contributed by atoms with Gasteiger partial charge in [0.1, 0.15) is 23.0 Å². The van der Waals surface area contributed by atoms with Crippen LogP contribution in [0.5, 0.6) is 11.5 Å². The summed E-state index contributed by atoms with van der Waals surface area (Å²) in [5.74, 6) is 0.0941. The fraction of sp³-hybridized carbons (Fsp3) is 0.278. The van der Waals surface area contributed by atoms with E-state index in [0.717, 1.165) is 11.1 Å². The molecule has 0 aliphatic rings. The van der Waals surface area contributed by atoms with E-state index in [9.17, 15) is 13.2 Å². The molecule has 0 amide bonds. The molecule has 0 radical (unpaired) electrons. The van der Waals surface area contributed by atoms with E-state index in [2.05, 4.69) is 4.72 Å². The van der Waals surface area contributed by atoms with Gasteiger partial charge in [0.15, 0.2) is 0 Å². The first-order valence-corrected chi connectivity index (χ1v) is 9.23. The highest BCUT2D eigenvalue weighted by Gasteiger charge is 2.21. The summed E-state index contributed by atoms with van der Waals surface area (Å²) in [6.07, 6.45) is 0. The molecule has 2 aromatic carbocycles. The Labute approximate surface area is 152 Å². The Hall–Kier alpha value is -2.58. The van der Waals surface area contributed by atoms with Crippen LogP contribution < -0.4 is 14.2 Å². The van der Waals surface area contributed by atoms with Gasteiger partial charge in [0.25, 0.3) is 0 Å². The number of ether oxygens (including phenoxy) is 3. The van der Waals surface area contributed by atoms with Crippen molar-refractivity contribution in [2.45, 2.75) is 18.4 Å². The number of nitrogens with one attached hydrogen (secondary N) is 1. The molecule has 8 heteroatoms. The Morgan fingerprint density at radius 2 is 1.69 bits per heavy atom. The van der Waals surface area contributed by atoms with Crippen LogP contribution in [0.1, 0.15) is 21.5 Å². The average Bonchev–Trinajstić information content (AvgIpc) is 2.65. The molecule has 26 heavy (non-hydrogen) atoms. The zero-order valence-corrected chi connectivity index (χ0v) is 15.8. The van der Waals surface area contributed by atoms with Crippen LogP contribution in [0.2, 0.25) is 0 Å². The van der Waals surface area contributed by atoms with Crippen LogP contribution >= 0.6 is 0 Å². The second kappa shape index (κ2) is 8.20. The van der Waals surface area contributed by atoms with Crippen molar-refractivity contribution in [3.63, 3.8) is 0 Å². The van der Waals surface area contributed by atoms with Crippen LogP contribution in [0.4, 0.5) is 0 Å². The minimum absolute atomic E-state index is 0.00380. The van der Waals surface area contributed by atoms with Gasteiger partial charge in [-0.1, -0.05) is 11.6 Å². The maximum Gasteiger partial charge on any atom is 0.338 e. The van der Waals surface area contributed by atoms with Crippen molar-refractivity contribution in [3.05, 3.63) is 53.1 Å². The molecule has 0 spiro atoms. The quantitative estimate of drug-likeness (QED) is 0.742. The van der Waals surface area contributed by atoms with Gasteiger partial charge >= 0.3 is 5.97 Å². The number of hydrogen-bond acceptors (Lipinski definition) is 6. The molecule has 0 aliphatic heterocycles. The predicted molar refractivity (Wildman–Crippen MR) is 96.1 cm³/mol. The third-order valence-corrected chi connectivity index (χ3v) is 5.19. The highest BCUT2D eigenvalue weighted by Crippen LogP contribution is 2.26. The smallest absolute Gasteiger partial charge is 0.338 e. The summed E-state index contributed by atoms with van der Waals surface area (Å²) in [5, 5.41) is 0. The van der Waals surface area contributed by atoms with Crippen molar-refractivity contribution < 1.29 is 27.4 Å². The van der Waals surface area contributed by atoms with E-state index in [1.54, 1.807) is 6.07 Å². The van der Waals surface area contributed by atoms with E-state index >= 15 is 0 Å². The maximum atomic E-state index is 12.4. The topological polar surface area (TPSA) is 90.9 Å². The van der Waals surface area contributed by atoms with Gasteiger partial charge in [-0.25, -0.2) is 17.9 Å². The van der Waals surface area contributed by atoms with Crippen molar-refractivity contribution >= 4 is 16.0 Å². The molecule has 0 bridgehead atoms. The minimum atomic E-state index is -3.78. The molecule has 7 nitrogen and oxygen atoms in total. The lowest BCUT2D eigenvalue weighted by atomic mass is 10.1. The highest BCUT2D eigenvalue weighted by atomic mass is 32.2. The van der Waals surface area contributed by atoms with Crippen LogP contribution in [0.15, 0.2) is 41.3 Å². The summed E-state index contributed by atoms with van der Waals surface area (Å²) >= 11 is 0. The largest absolute Gasteiger partial charge is 0.496 e. The summed E-state index contributed by atoms with van der Waals surface area (Å²) in [6.45, 7) is 1.92. The Morgan fingerprint density at radius 3 is 2.31 bits per heavy atom. The zero-order chi connectivity index (χ0) is 19.3. The molecular weight excluding hydrogens is 358 g/mol. The Balaban J connectivity index is 2.26. The van der Waals surface area contributed by atoms with Gasteiger partial charge in [0.2, 0.25) is 10.0 Å². The summed E-state index contributed by atoms with van der Waals surface area (Å²) < 4.78 is 42.0. The van der Waals surface area contributed by atoms with E-state index in [0.29, 0.717) is 5.75 Å². The molecular formula is C18H21NO6S. The van der Waals surface area contributed by atoms with Crippen molar-refractivity contribution in [2.75, 3.05) is 21.3 Å². The van der Waals surface area contributed by atoms with Gasteiger partial charge in [-0.2, -0.15) is 0 Å². The lowest BCUT2D eigenvalue weighted by molar-refractivity contribution is 0.0469. The molecule has 0 fully saturated rings. The van der Waals surface area contributed by atoms with Crippen LogP contribution in [0.3, 0.4) is 0 Å². The predicted octanol–water partition coefficient (Wildman–Crippen LogP) is 2.28. The third kappa shape index (κ3) is 4.33. The summed E-state index contributed by atoms with van der Waals surface area (Å²) in [4.78, 5) is 12.2. The van der Waals surface area contributed by atoms with E-state index in [-0.39, 0.29) is 22.8 Å². The molecule has 2 rings (SSSR count). The first-order chi connectivity index (χ1) is 12.3. The number of benzene rings is 2. The van der Waals surface area contributed by atoms with Gasteiger partial charge in [-0.3, -0.25) is 0 Å². The van der Waals surface area contributed by atoms with Crippen LogP contribution in [-0.2, 0) is 21.4 Å². The highest BCUT2D eigenvalue weighted by molar-refractivity contribution is 7.89. The normalized spacial score (nSPS) is 11.1.